The number of nitrogens with zero attached hydrogens (tertiary/aromatic N) is 3. The summed E-state index contributed by atoms with van der Waals surface area (Å²) in [6.07, 6.45) is 4.46. The Balaban J connectivity index is 1.44. The Labute approximate surface area is 187 Å². The summed E-state index contributed by atoms with van der Waals surface area (Å²) < 4.78 is 5.43. The van der Waals surface area contributed by atoms with Crippen molar-refractivity contribution in [3.05, 3.63) is 71.9 Å². The van der Waals surface area contributed by atoms with E-state index in [2.05, 4.69) is 26.6 Å². The van der Waals surface area contributed by atoms with Gasteiger partial charge in [-0.25, -0.2) is 4.79 Å². The van der Waals surface area contributed by atoms with E-state index in [-0.39, 0.29) is 6.03 Å². The lowest BCUT2D eigenvalue weighted by atomic mass is 10.1. The minimum atomic E-state index is -0.0807. The van der Waals surface area contributed by atoms with Crippen molar-refractivity contribution in [2.24, 2.45) is 0 Å². The van der Waals surface area contributed by atoms with Gasteiger partial charge < -0.3 is 15.0 Å². The first-order chi connectivity index (χ1) is 15.3. The van der Waals surface area contributed by atoms with Crippen LogP contribution in [-0.2, 0) is 11.3 Å². The number of benzene rings is 1. The molecule has 6 nitrogen and oxygen atoms in total. The van der Waals surface area contributed by atoms with Crippen LogP contribution in [0.5, 0.6) is 0 Å². The number of anilines is 1. The Hall–Kier alpha value is -2.74. The van der Waals surface area contributed by atoms with Crippen LogP contribution < -0.4 is 5.32 Å². The Morgan fingerprint density at radius 1 is 1.10 bits per heavy atom. The van der Waals surface area contributed by atoms with E-state index >= 15 is 0 Å². The summed E-state index contributed by atoms with van der Waals surface area (Å²) in [6.45, 7) is 5.72. The third kappa shape index (κ3) is 6.13. The Morgan fingerprint density at radius 2 is 1.90 bits per heavy atom. The molecule has 1 aliphatic rings. The van der Waals surface area contributed by atoms with Crippen molar-refractivity contribution in [3.8, 4) is 10.4 Å². The van der Waals surface area contributed by atoms with Crippen molar-refractivity contribution in [1.29, 1.82) is 0 Å². The fourth-order valence-electron chi connectivity index (χ4n) is 3.70. The fourth-order valence-corrected chi connectivity index (χ4v) is 4.47. The lowest BCUT2D eigenvalue weighted by Gasteiger charge is -2.28. The zero-order chi connectivity index (χ0) is 21.3. The molecule has 2 aromatic heterocycles. The molecule has 3 aromatic rings. The van der Waals surface area contributed by atoms with E-state index in [0.717, 1.165) is 61.0 Å². The Kier molecular flexibility index (Phi) is 7.65. The molecule has 4 rings (SSSR count). The maximum Gasteiger partial charge on any atom is 0.322 e. The zero-order valence-corrected chi connectivity index (χ0v) is 18.4. The smallest absolute Gasteiger partial charge is 0.322 e. The van der Waals surface area contributed by atoms with Crippen LogP contribution in [0.25, 0.3) is 10.4 Å². The van der Waals surface area contributed by atoms with Crippen molar-refractivity contribution >= 4 is 23.1 Å². The second-order valence-electron chi connectivity index (χ2n) is 7.54. The molecule has 7 heteroatoms. The molecule has 0 aliphatic carbocycles. The third-order valence-electron chi connectivity index (χ3n) is 5.37. The number of hydrogen-bond acceptors (Lipinski definition) is 5. The predicted molar refractivity (Wildman–Crippen MR) is 125 cm³/mol. The number of aromatic nitrogens is 1. The summed E-state index contributed by atoms with van der Waals surface area (Å²) in [5.41, 5.74) is 2.95. The van der Waals surface area contributed by atoms with Gasteiger partial charge in [0.1, 0.15) is 0 Å². The largest absolute Gasteiger partial charge is 0.379 e. The van der Waals surface area contributed by atoms with Gasteiger partial charge in [-0.05, 0) is 41.6 Å². The first kappa shape index (κ1) is 21.5. The molecule has 162 valence electrons. The van der Waals surface area contributed by atoms with Gasteiger partial charge in [0.15, 0.2) is 0 Å². The third-order valence-corrected chi connectivity index (χ3v) is 6.27. The number of carbonyl (C=O) groups is 1. The van der Waals surface area contributed by atoms with Gasteiger partial charge in [-0.2, -0.15) is 0 Å². The Morgan fingerprint density at radius 3 is 2.68 bits per heavy atom. The summed E-state index contributed by atoms with van der Waals surface area (Å²) in [4.78, 5) is 22.8. The van der Waals surface area contributed by atoms with Gasteiger partial charge in [0.25, 0.3) is 0 Å². The van der Waals surface area contributed by atoms with Crippen molar-refractivity contribution in [2.45, 2.75) is 13.0 Å². The number of amides is 2. The van der Waals surface area contributed by atoms with Crippen LogP contribution in [0, 0.1) is 0 Å². The number of urea groups is 1. The van der Waals surface area contributed by atoms with E-state index < -0.39 is 0 Å². The molecule has 2 amide bonds. The quantitative estimate of drug-likeness (QED) is 0.562. The number of morpholine rings is 1. The lowest BCUT2D eigenvalue weighted by Crippen LogP contribution is -2.40. The number of pyridine rings is 1. The van der Waals surface area contributed by atoms with Crippen LogP contribution in [0.1, 0.15) is 12.0 Å². The maximum absolute atomic E-state index is 13.3. The molecule has 31 heavy (non-hydrogen) atoms. The highest BCUT2D eigenvalue weighted by atomic mass is 32.1. The summed E-state index contributed by atoms with van der Waals surface area (Å²) in [6, 6.07) is 15.9. The molecule has 3 heterocycles. The fraction of sp³-hybridized carbons (Fsp3) is 0.333. The van der Waals surface area contributed by atoms with Gasteiger partial charge in [-0.1, -0.05) is 24.3 Å². The van der Waals surface area contributed by atoms with Gasteiger partial charge in [-0.15, -0.1) is 11.3 Å². The summed E-state index contributed by atoms with van der Waals surface area (Å²) in [5.74, 6) is 0. The molecule has 0 spiro atoms. The van der Waals surface area contributed by atoms with Gasteiger partial charge >= 0.3 is 6.03 Å². The van der Waals surface area contributed by atoms with E-state index in [1.807, 2.05) is 47.4 Å². The monoisotopic (exact) mass is 436 g/mol. The summed E-state index contributed by atoms with van der Waals surface area (Å²) in [5, 5.41) is 5.20. The summed E-state index contributed by atoms with van der Waals surface area (Å²) in [7, 11) is 0. The van der Waals surface area contributed by atoms with Crippen LogP contribution >= 0.6 is 11.3 Å². The van der Waals surface area contributed by atoms with Crippen LogP contribution in [0.4, 0.5) is 10.5 Å². The second kappa shape index (κ2) is 11.0. The number of carbonyl (C=O) groups excluding carboxylic acids is 1. The number of para-hydroxylation sites is 1. The minimum absolute atomic E-state index is 0.0807. The van der Waals surface area contributed by atoms with Gasteiger partial charge in [0, 0.05) is 55.6 Å². The average Bonchev–Trinajstić information content (AvgIpc) is 3.35. The number of rotatable bonds is 8. The lowest BCUT2D eigenvalue weighted by molar-refractivity contribution is 0.0365. The van der Waals surface area contributed by atoms with E-state index in [0.29, 0.717) is 13.1 Å². The first-order valence-corrected chi connectivity index (χ1v) is 11.6. The molecule has 1 saturated heterocycles. The van der Waals surface area contributed by atoms with Crippen LogP contribution in [0.3, 0.4) is 0 Å². The van der Waals surface area contributed by atoms with E-state index in [4.69, 9.17) is 4.74 Å². The molecular weight excluding hydrogens is 408 g/mol. The van der Waals surface area contributed by atoms with Gasteiger partial charge in [0.05, 0.1) is 18.9 Å². The molecular formula is C24H28N4O2S. The topological polar surface area (TPSA) is 57.7 Å². The zero-order valence-electron chi connectivity index (χ0n) is 17.6. The molecule has 1 N–H and O–H groups in total. The molecule has 1 aliphatic heterocycles. The standard InChI is InChI=1S/C24H28N4O2S/c29-24(26-22-6-2-1-5-21(22)23-7-3-18-31-23)28(19-20-8-10-25-11-9-20)13-4-12-27-14-16-30-17-15-27/h1-3,5-11,18H,4,12-17,19H2,(H,26,29). The van der Waals surface area contributed by atoms with Crippen LogP contribution in [-0.4, -0.2) is 60.2 Å². The summed E-state index contributed by atoms with van der Waals surface area (Å²) >= 11 is 1.67. The molecule has 1 aromatic carbocycles. The maximum atomic E-state index is 13.3. The number of ether oxygens (including phenoxy) is 1. The van der Waals surface area contributed by atoms with Crippen molar-refractivity contribution < 1.29 is 9.53 Å². The SMILES string of the molecule is O=C(Nc1ccccc1-c1cccs1)N(CCCN1CCOCC1)Cc1ccncc1. The van der Waals surface area contributed by atoms with Crippen LogP contribution in [0.2, 0.25) is 0 Å². The van der Waals surface area contributed by atoms with Gasteiger partial charge in [0.2, 0.25) is 0 Å². The highest BCUT2D eigenvalue weighted by Crippen LogP contribution is 2.31. The van der Waals surface area contributed by atoms with E-state index in [1.54, 1.807) is 23.7 Å². The van der Waals surface area contributed by atoms with Crippen LogP contribution in [0.15, 0.2) is 66.3 Å². The highest BCUT2D eigenvalue weighted by Gasteiger charge is 2.17. The molecule has 1 fully saturated rings. The predicted octanol–water partition coefficient (Wildman–Crippen LogP) is 4.57. The van der Waals surface area contributed by atoms with Crippen molar-refractivity contribution in [1.82, 2.24) is 14.8 Å². The first-order valence-electron chi connectivity index (χ1n) is 10.7. The normalized spacial score (nSPS) is 14.3. The van der Waals surface area contributed by atoms with E-state index in [9.17, 15) is 4.79 Å². The minimum Gasteiger partial charge on any atom is -0.379 e. The number of hydrogen-bond donors (Lipinski definition) is 1. The average molecular weight is 437 g/mol. The van der Waals surface area contributed by atoms with Crippen molar-refractivity contribution in [3.63, 3.8) is 0 Å². The molecule has 0 radical (unpaired) electrons. The Bertz CT molecular complexity index is 943. The van der Waals surface area contributed by atoms with E-state index in [1.165, 1.54) is 0 Å². The number of thiophene rings is 1. The second-order valence-corrected chi connectivity index (χ2v) is 8.49. The molecule has 0 bridgehead atoms. The molecule has 0 saturated carbocycles. The van der Waals surface area contributed by atoms with Crippen molar-refractivity contribution in [2.75, 3.05) is 44.7 Å². The number of nitrogens with one attached hydrogen (secondary N) is 1. The molecule has 0 atom stereocenters. The van der Waals surface area contributed by atoms with Gasteiger partial charge in [-0.3, -0.25) is 9.88 Å². The highest BCUT2D eigenvalue weighted by molar-refractivity contribution is 7.13. The molecule has 0 unspecified atom stereocenters.